The summed E-state index contributed by atoms with van der Waals surface area (Å²) in [6, 6.07) is 7.59. The Morgan fingerprint density at radius 2 is 1.91 bits per heavy atom. The Kier molecular flexibility index (Phi) is 8.80. The van der Waals surface area contributed by atoms with Crippen LogP contribution in [0.1, 0.15) is 41.1 Å². The van der Waals surface area contributed by atoms with Gasteiger partial charge in [0.2, 0.25) is 0 Å². The molecule has 0 aliphatic heterocycles. The average Bonchev–Trinajstić information content (AvgIpc) is 3.16. The largest absolute Gasteiger partial charge is 0.348 e. The Bertz CT molecular complexity index is 1200. The van der Waals surface area contributed by atoms with Crippen LogP contribution in [0.25, 0.3) is 5.82 Å². The molecule has 2 atom stereocenters. The predicted molar refractivity (Wildman–Crippen MR) is 138 cm³/mol. The van der Waals surface area contributed by atoms with E-state index in [-0.39, 0.29) is 34.2 Å². The lowest BCUT2D eigenvalue weighted by Gasteiger charge is -2.20. The van der Waals surface area contributed by atoms with Crippen LogP contribution in [0.2, 0.25) is 10.0 Å². The van der Waals surface area contributed by atoms with E-state index in [0.29, 0.717) is 25.5 Å². The van der Waals surface area contributed by atoms with Crippen LogP contribution in [0.3, 0.4) is 0 Å². The van der Waals surface area contributed by atoms with Gasteiger partial charge in [-0.25, -0.2) is 9.67 Å². The van der Waals surface area contributed by atoms with Gasteiger partial charge in [-0.05, 0) is 69.5 Å². The molecule has 7 nitrogen and oxygen atoms in total. The van der Waals surface area contributed by atoms with Crippen molar-refractivity contribution in [1.82, 2.24) is 20.1 Å². The maximum absolute atomic E-state index is 13.3. The van der Waals surface area contributed by atoms with E-state index in [9.17, 15) is 9.59 Å². The molecular weight excluding hydrogens is 620 g/mol. The molecule has 3 rings (SSSR count). The first-order valence-electron chi connectivity index (χ1n) is 9.74. The zero-order valence-corrected chi connectivity index (χ0v) is 22.8. The summed E-state index contributed by atoms with van der Waals surface area (Å²) in [6.07, 6.45) is 2.22. The summed E-state index contributed by atoms with van der Waals surface area (Å²) in [6.45, 7) is 3.74. The van der Waals surface area contributed by atoms with Crippen LogP contribution in [-0.4, -0.2) is 38.0 Å². The van der Waals surface area contributed by atoms with Crippen molar-refractivity contribution in [2.24, 2.45) is 0 Å². The Balaban J connectivity index is 1.97. The van der Waals surface area contributed by atoms with Crippen LogP contribution < -0.4 is 10.6 Å². The monoisotopic (exact) mass is 635 g/mol. The van der Waals surface area contributed by atoms with Gasteiger partial charge in [-0.3, -0.25) is 9.59 Å². The summed E-state index contributed by atoms with van der Waals surface area (Å²) in [5.74, 6) is -0.684. The zero-order valence-electron chi connectivity index (χ0n) is 17.4. The molecule has 2 aromatic heterocycles. The van der Waals surface area contributed by atoms with E-state index in [1.807, 2.05) is 13.8 Å². The molecule has 12 heteroatoms. The predicted octanol–water partition coefficient (Wildman–Crippen LogP) is 6.49. The Morgan fingerprint density at radius 3 is 2.58 bits per heavy atom. The molecule has 0 fully saturated rings. The van der Waals surface area contributed by atoms with Gasteiger partial charge in [0.1, 0.15) is 10.3 Å². The third-order valence-corrected chi connectivity index (χ3v) is 6.89. The van der Waals surface area contributed by atoms with Gasteiger partial charge in [0.05, 0.1) is 21.7 Å². The minimum atomic E-state index is -0.538. The quantitative estimate of drug-likeness (QED) is 0.290. The van der Waals surface area contributed by atoms with E-state index in [1.165, 1.54) is 23.0 Å². The van der Waals surface area contributed by atoms with Gasteiger partial charge in [0.25, 0.3) is 11.8 Å². The summed E-state index contributed by atoms with van der Waals surface area (Å²) >= 11 is 25.3. The Hall–Kier alpha value is -1.65. The molecule has 2 amide bonds. The van der Waals surface area contributed by atoms with Gasteiger partial charge in [0, 0.05) is 27.8 Å². The normalized spacial score (nSPS) is 12.8. The number of hydrogen-bond donors (Lipinski definition) is 2. The third-order valence-electron chi connectivity index (χ3n) is 4.68. The molecule has 3 aromatic rings. The average molecular weight is 639 g/mol. The molecule has 0 aliphatic rings. The SMILES string of the molecule is CCC(Cl)C(C)NC(=O)c1cc(Cl)cc(Br)c1NC(=O)c1cc(Br)nn1-c1ncccc1Cl. The number of hydrogen-bond acceptors (Lipinski definition) is 4. The lowest BCUT2D eigenvalue weighted by Crippen LogP contribution is -2.39. The van der Waals surface area contributed by atoms with Crippen molar-refractivity contribution < 1.29 is 9.59 Å². The fourth-order valence-electron chi connectivity index (χ4n) is 2.99. The van der Waals surface area contributed by atoms with Crippen molar-refractivity contribution >= 4 is 84.2 Å². The molecule has 0 spiro atoms. The Labute approximate surface area is 222 Å². The molecule has 2 N–H and O–H groups in total. The first-order valence-corrected chi connectivity index (χ1v) is 12.5. The van der Waals surface area contributed by atoms with Gasteiger partial charge < -0.3 is 10.6 Å². The number of benzene rings is 1. The summed E-state index contributed by atoms with van der Waals surface area (Å²) < 4.78 is 2.15. The molecule has 33 heavy (non-hydrogen) atoms. The minimum Gasteiger partial charge on any atom is -0.348 e. The second-order valence-electron chi connectivity index (χ2n) is 7.02. The topological polar surface area (TPSA) is 88.9 Å². The standard InChI is InChI=1S/C21H18Br2Cl3N5O2/c1-3-14(25)10(2)28-20(32)12-7-11(24)8-13(22)18(12)29-21(33)16-9-17(23)30-31(16)19-15(26)5-4-6-27-19/h4-10,14H,3H2,1-2H3,(H,28,32)(H,29,33). The van der Waals surface area contributed by atoms with Crippen molar-refractivity contribution in [3.8, 4) is 5.82 Å². The number of aromatic nitrogens is 3. The van der Waals surface area contributed by atoms with Crippen molar-refractivity contribution in [2.45, 2.75) is 31.7 Å². The van der Waals surface area contributed by atoms with Crippen LogP contribution in [-0.2, 0) is 0 Å². The first-order chi connectivity index (χ1) is 15.6. The molecule has 2 unspecified atom stereocenters. The Morgan fingerprint density at radius 1 is 1.18 bits per heavy atom. The fraction of sp³-hybridized carbons (Fsp3) is 0.238. The number of pyridine rings is 1. The molecule has 2 heterocycles. The number of nitrogens with zero attached hydrogens (tertiary/aromatic N) is 3. The van der Waals surface area contributed by atoms with Crippen LogP contribution in [0, 0.1) is 0 Å². The van der Waals surface area contributed by atoms with E-state index >= 15 is 0 Å². The molecule has 174 valence electrons. The molecule has 1 aromatic carbocycles. The number of anilines is 1. The maximum Gasteiger partial charge on any atom is 0.274 e. The van der Waals surface area contributed by atoms with Crippen molar-refractivity contribution in [1.29, 1.82) is 0 Å². The highest BCUT2D eigenvalue weighted by Crippen LogP contribution is 2.32. The lowest BCUT2D eigenvalue weighted by atomic mass is 10.1. The molecule has 0 radical (unpaired) electrons. The highest BCUT2D eigenvalue weighted by molar-refractivity contribution is 9.10. The summed E-state index contributed by atoms with van der Waals surface area (Å²) in [5, 5.41) is 10.3. The van der Waals surface area contributed by atoms with Gasteiger partial charge in [0.15, 0.2) is 5.82 Å². The summed E-state index contributed by atoms with van der Waals surface area (Å²) in [5.41, 5.74) is 0.569. The smallest absolute Gasteiger partial charge is 0.274 e. The van der Waals surface area contributed by atoms with E-state index in [0.717, 1.165) is 0 Å². The summed E-state index contributed by atoms with van der Waals surface area (Å²) in [4.78, 5) is 30.5. The number of halogens is 5. The number of nitrogens with one attached hydrogen (secondary N) is 2. The van der Waals surface area contributed by atoms with Crippen LogP contribution >= 0.6 is 66.7 Å². The fourth-order valence-corrected chi connectivity index (χ4v) is 4.54. The second-order valence-corrected chi connectivity index (χ2v) is 10.1. The maximum atomic E-state index is 13.3. The third kappa shape index (κ3) is 6.08. The van der Waals surface area contributed by atoms with Crippen molar-refractivity contribution in [3.05, 3.63) is 66.9 Å². The van der Waals surface area contributed by atoms with Gasteiger partial charge in [-0.15, -0.1) is 11.6 Å². The second kappa shape index (κ2) is 11.2. The number of carbonyl (C=O) groups is 2. The van der Waals surface area contributed by atoms with Gasteiger partial charge >= 0.3 is 0 Å². The molecule has 0 saturated heterocycles. The highest BCUT2D eigenvalue weighted by atomic mass is 79.9. The zero-order chi connectivity index (χ0) is 24.3. The first kappa shape index (κ1) is 26.0. The number of alkyl halides is 1. The van der Waals surface area contributed by atoms with E-state index in [2.05, 4.69) is 52.6 Å². The summed E-state index contributed by atoms with van der Waals surface area (Å²) in [7, 11) is 0. The number of amides is 2. The van der Waals surface area contributed by atoms with E-state index in [1.54, 1.807) is 18.2 Å². The van der Waals surface area contributed by atoms with Crippen molar-refractivity contribution in [3.63, 3.8) is 0 Å². The van der Waals surface area contributed by atoms with Gasteiger partial charge in [-0.1, -0.05) is 30.1 Å². The van der Waals surface area contributed by atoms with E-state index in [4.69, 9.17) is 34.8 Å². The lowest BCUT2D eigenvalue weighted by molar-refractivity contribution is 0.0939. The number of carbonyl (C=O) groups excluding carboxylic acids is 2. The van der Waals surface area contributed by atoms with Crippen LogP contribution in [0.15, 0.2) is 45.6 Å². The van der Waals surface area contributed by atoms with Crippen LogP contribution in [0.4, 0.5) is 5.69 Å². The minimum absolute atomic E-state index is 0.149. The molecule has 0 saturated carbocycles. The van der Waals surface area contributed by atoms with Crippen molar-refractivity contribution in [2.75, 3.05) is 5.32 Å². The van der Waals surface area contributed by atoms with Gasteiger partial charge in [-0.2, -0.15) is 5.10 Å². The molecule has 0 bridgehead atoms. The van der Waals surface area contributed by atoms with E-state index < -0.39 is 11.8 Å². The van der Waals surface area contributed by atoms with Crippen LogP contribution in [0.5, 0.6) is 0 Å². The number of rotatable bonds is 7. The molecular formula is C21H18Br2Cl3N5O2. The molecule has 0 aliphatic carbocycles. The highest BCUT2D eigenvalue weighted by Gasteiger charge is 2.24.